The van der Waals surface area contributed by atoms with Gasteiger partial charge in [-0.1, -0.05) is 18.2 Å². The summed E-state index contributed by atoms with van der Waals surface area (Å²) >= 11 is 0. The van der Waals surface area contributed by atoms with Gasteiger partial charge in [-0.2, -0.15) is 0 Å². The van der Waals surface area contributed by atoms with E-state index in [2.05, 4.69) is 0 Å². The maximum Gasteiger partial charge on any atom is 0.352 e. The molecule has 0 unspecified atom stereocenters. The first-order valence-corrected chi connectivity index (χ1v) is 5.56. The van der Waals surface area contributed by atoms with Crippen molar-refractivity contribution in [1.82, 2.24) is 4.72 Å². The molecule has 1 aromatic rings. The summed E-state index contributed by atoms with van der Waals surface area (Å²) in [6.07, 6.45) is 1.29. The van der Waals surface area contributed by atoms with Crippen LogP contribution >= 0.6 is 0 Å². The van der Waals surface area contributed by atoms with Crippen molar-refractivity contribution in [2.24, 2.45) is 0 Å². The van der Waals surface area contributed by atoms with Crippen molar-refractivity contribution in [3.63, 3.8) is 0 Å². The lowest BCUT2D eigenvalue weighted by Gasteiger charge is -2.15. The molecule has 1 aliphatic heterocycles. The number of hydrogen-bond donors (Lipinski definition) is 2. The predicted octanol–water partition coefficient (Wildman–Crippen LogP) is 0.404. The molecule has 0 spiro atoms. The molecule has 0 amide bonds. The van der Waals surface area contributed by atoms with Gasteiger partial charge in [-0.3, -0.25) is 4.72 Å². The van der Waals surface area contributed by atoms with Crippen LogP contribution in [0.1, 0.15) is 5.56 Å². The Morgan fingerprint density at radius 2 is 1.93 bits per heavy atom. The summed E-state index contributed by atoms with van der Waals surface area (Å²) in [4.78, 5) is 10.7. The van der Waals surface area contributed by atoms with Gasteiger partial charge in [-0.05, 0) is 17.7 Å². The largest absolute Gasteiger partial charge is 0.477 e. The van der Waals surface area contributed by atoms with Gasteiger partial charge in [0.05, 0.1) is 4.90 Å². The van der Waals surface area contributed by atoms with Gasteiger partial charge in [-0.15, -0.1) is 0 Å². The molecule has 1 heterocycles. The van der Waals surface area contributed by atoms with Gasteiger partial charge in [-0.25, -0.2) is 13.2 Å². The summed E-state index contributed by atoms with van der Waals surface area (Å²) in [6, 6.07) is 6.21. The van der Waals surface area contributed by atoms with Crippen LogP contribution in [0, 0.1) is 0 Å². The van der Waals surface area contributed by atoms with Gasteiger partial charge in [0, 0.05) is 0 Å². The Morgan fingerprint density at radius 3 is 2.60 bits per heavy atom. The molecular formula is C9H7NO4S. The predicted molar refractivity (Wildman–Crippen MR) is 52.4 cm³/mol. The average Bonchev–Trinajstić information content (AvgIpc) is 2.16. The van der Waals surface area contributed by atoms with Crippen molar-refractivity contribution in [3.8, 4) is 0 Å². The number of carboxylic acids is 1. The smallest absolute Gasteiger partial charge is 0.352 e. The summed E-state index contributed by atoms with van der Waals surface area (Å²) in [5.41, 5.74) is 0.0438. The summed E-state index contributed by atoms with van der Waals surface area (Å²) in [7, 11) is -3.74. The molecule has 6 heteroatoms. The van der Waals surface area contributed by atoms with Gasteiger partial charge in [0.1, 0.15) is 5.70 Å². The van der Waals surface area contributed by atoms with Crippen molar-refractivity contribution in [2.75, 3.05) is 0 Å². The van der Waals surface area contributed by atoms with Crippen molar-refractivity contribution < 1.29 is 18.3 Å². The number of sulfonamides is 1. The van der Waals surface area contributed by atoms with Gasteiger partial charge >= 0.3 is 5.97 Å². The summed E-state index contributed by atoms with van der Waals surface area (Å²) in [6.45, 7) is 0. The van der Waals surface area contributed by atoms with Crippen LogP contribution in [0.4, 0.5) is 0 Å². The minimum Gasteiger partial charge on any atom is -0.477 e. The Hall–Kier alpha value is -1.82. The Labute approximate surface area is 86.1 Å². The second-order valence-corrected chi connectivity index (χ2v) is 4.66. The first kappa shape index (κ1) is 9.72. The number of benzene rings is 1. The monoisotopic (exact) mass is 225 g/mol. The molecule has 78 valence electrons. The number of hydrogen-bond acceptors (Lipinski definition) is 3. The number of rotatable bonds is 1. The van der Waals surface area contributed by atoms with Crippen LogP contribution in [0.3, 0.4) is 0 Å². The molecule has 0 fully saturated rings. The van der Waals surface area contributed by atoms with Crippen molar-refractivity contribution in [1.29, 1.82) is 0 Å². The van der Waals surface area contributed by atoms with Crippen LogP contribution in [-0.2, 0) is 14.8 Å². The fourth-order valence-corrected chi connectivity index (χ4v) is 2.58. The lowest BCUT2D eigenvalue weighted by molar-refractivity contribution is -0.132. The highest BCUT2D eigenvalue weighted by molar-refractivity contribution is 7.89. The van der Waals surface area contributed by atoms with Crippen LogP contribution in [0.15, 0.2) is 34.9 Å². The van der Waals surface area contributed by atoms with E-state index in [1.165, 1.54) is 12.1 Å². The maximum atomic E-state index is 11.6. The Bertz CT molecular complexity index is 559. The van der Waals surface area contributed by atoms with Gasteiger partial charge in [0.15, 0.2) is 0 Å². The number of aliphatic carboxylic acids is 1. The second kappa shape index (κ2) is 3.09. The third-order valence-corrected chi connectivity index (χ3v) is 3.42. The summed E-state index contributed by atoms with van der Waals surface area (Å²) in [5.74, 6) is -1.30. The third kappa shape index (κ3) is 1.59. The molecule has 1 aliphatic rings. The number of carbonyl (C=O) groups is 1. The zero-order valence-electron chi connectivity index (χ0n) is 7.47. The van der Waals surface area contributed by atoms with E-state index in [0.29, 0.717) is 5.56 Å². The lowest BCUT2D eigenvalue weighted by atomic mass is 10.2. The van der Waals surface area contributed by atoms with E-state index in [1.54, 1.807) is 18.2 Å². The van der Waals surface area contributed by atoms with Crippen molar-refractivity contribution >= 4 is 22.1 Å². The fourth-order valence-electron chi connectivity index (χ4n) is 1.33. The van der Waals surface area contributed by atoms with Crippen molar-refractivity contribution in [2.45, 2.75) is 4.90 Å². The highest BCUT2D eigenvalue weighted by atomic mass is 32.2. The van der Waals surface area contributed by atoms with Gasteiger partial charge in [0.25, 0.3) is 10.0 Å². The standard InChI is InChI=1S/C9H7NO4S/c11-9(12)7-5-6-3-1-2-4-8(6)15(13,14)10-7/h1-5,10H,(H,11,12). The van der Waals surface area contributed by atoms with E-state index in [0.717, 1.165) is 0 Å². The lowest BCUT2D eigenvalue weighted by Crippen LogP contribution is -2.30. The number of nitrogens with one attached hydrogen (secondary N) is 1. The quantitative estimate of drug-likeness (QED) is 0.724. The number of fused-ring (bicyclic) bond motifs is 1. The zero-order chi connectivity index (χ0) is 11.1. The van der Waals surface area contributed by atoms with E-state index in [1.807, 2.05) is 4.72 Å². The number of carboxylic acid groups (broad SMARTS) is 1. The maximum absolute atomic E-state index is 11.6. The molecule has 0 aromatic heterocycles. The average molecular weight is 225 g/mol. The summed E-state index contributed by atoms with van der Waals surface area (Å²) < 4.78 is 25.1. The highest BCUT2D eigenvalue weighted by Crippen LogP contribution is 2.22. The molecule has 0 atom stereocenters. The van der Waals surface area contributed by atoms with Crippen LogP contribution in [-0.4, -0.2) is 19.5 Å². The highest BCUT2D eigenvalue weighted by Gasteiger charge is 2.26. The van der Waals surface area contributed by atoms with Crippen molar-refractivity contribution in [3.05, 3.63) is 35.5 Å². The van der Waals surface area contributed by atoms with E-state index in [4.69, 9.17) is 5.11 Å². The van der Waals surface area contributed by atoms with E-state index < -0.39 is 16.0 Å². The van der Waals surface area contributed by atoms with E-state index in [-0.39, 0.29) is 10.6 Å². The van der Waals surface area contributed by atoms with Crippen LogP contribution in [0.25, 0.3) is 6.08 Å². The molecule has 0 saturated carbocycles. The zero-order valence-corrected chi connectivity index (χ0v) is 8.28. The second-order valence-electron chi connectivity index (χ2n) is 3.01. The molecule has 0 radical (unpaired) electrons. The van der Waals surface area contributed by atoms with Crippen LogP contribution in [0.2, 0.25) is 0 Å². The Balaban J connectivity index is 2.69. The molecule has 15 heavy (non-hydrogen) atoms. The summed E-state index contributed by atoms with van der Waals surface area (Å²) in [5, 5.41) is 8.70. The fraction of sp³-hybridized carbons (Fsp3) is 0. The minimum atomic E-state index is -3.74. The third-order valence-electron chi connectivity index (χ3n) is 1.98. The molecule has 0 aliphatic carbocycles. The van der Waals surface area contributed by atoms with Gasteiger partial charge in [0.2, 0.25) is 0 Å². The van der Waals surface area contributed by atoms with Gasteiger partial charge < -0.3 is 5.11 Å². The van der Waals surface area contributed by atoms with Crippen LogP contribution in [0.5, 0.6) is 0 Å². The molecule has 0 saturated heterocycles. The molecule has 1 aromatic carbocycles. The molecule has 2 N–H and O–H groups in total. The molecule has 5 nitrogen and oxygen atoms in total. The van der Waals surface area contributed by atoms with Crippen LogP contribution < -0.4 is 4.72 Å². The Morgan fingerprint density at radius 1 is 1.27 bits per heavy atom. The topological polar surface area (TPSA) is 83.5 Å². The first-order chi connectivity index (χ1) is 7.00. The normalized spacial score (nSPS) is 17.2. The van der Waals surface area contributed by atoms with E-state index >= 15 is 0 Å². The Kier molecular flexibility index (Phi) is 2.01. The SMILES string of the molecule is O=C(O)C1=Cc2ccccc2S(=O)(=O)N1. The molecule has 0 bridgehead atoms. The van der Waals surface area contributed by atoms with E-state index in [9.17, 15) is 13.2 Å². The molecule has 2 rings (SSSR count). The minimum absolute atomic E-state index is 0.0926. The molecular weight excluding hydrogens is 218 g/mol. The first-order valence-electron chi connectivity index (χ1n) is 4.07.